The van der Waals surface area contributed by atoms with Crippen LogP contribution in [0.1, 0.15) is 25.1 Å². The molecule has 0 saturated carbocycles. The first-order chi connectivity index (χ1) is 10.7. The Morgan fingerprint density at radius 3 is 2.77 bits per heavy atom. The summed E-state index contributed by atoms with van der Waals surface area (Å²) in [5.41, 5.74) is 3.04. The molecule has 1 atom stereocenters. The molecule has 0 amide bonds. The van der Waals surface area contributed by atoms with E-state index in [9.17, 15) is 5.11 Å². The molecule has 0 aliphatic heterocycles. The molecule has 1 N–H and O–H groups in total. The number of hydrogen-bond acceptors (Lipinski definition) is 3. The zero-order chi connectivity index (χ0) is 15.7. The zero-order valence-corrected chi connectivity index (χ0v) is 13.2. The van der Waals surface area contributed by atoms with Gasteiger partial charge >= 0.3 is 0 Å². The third-order valence-corrected chi connectivity index (χ3v) is 3.91. The minimum atomic E-state index is -0.631. The second-order valence-electron chi connectivity index (χ2n) is 5.05. The summed E-state index contributed by atoms with van der Waals surface area (Å²) in [4.78, 5) is 4.67. The first-order valence-electron chi connectivity index (χ1n) is 7.14. The van der Waals surface area contributed by atoms with Gasteiger partial charge in [-0.25, -0.2) is 4.98 Å². The Balaban J connectivity index is 2.33. The fourth-order valence-electron chi connectivity index (χ4n) is 2.59. The van der Waals surface area contributed by atoms with Crippen molar-refractivity contribution < 1.29 is 9.84 Å². The molecule has 0 spiro atoms. The standard InChI is InChI=1S/C17H17ClN2O2/c1-3-13(21)17-16(12-6-4-5-7-14(12)22-2)19-15-9-8-11(18)10-20(15)17/h4-10,13,21H,3H2,1-2H3. The van der Waals surface area contributed by atoms with E-state index in [2.05, 4.69) is 4.98 Å². The van der Waals surface area contributed by atoms with Crippen LogP contribution in [-0.4, -0.2) is 21.6 Å². The Bertz CT molecular complexity index is 814. The molecule has 0 radical (unpaired) electrons. The largest absolute Gasteiger partial charge is 0.496 e. The van der Waals surface area contributed by atoms with Gasteiger partial charge in [-0.2, -0.15) is 0 Å². The lowest BCUT2D eigenvalue weighted by Crippen LogP contribution is -2.02. The minimum Gasteiger partial charge on any atom is -0.496 e. The van der Waals surface area contributed by atoms with Crippen molar-refractivity contribution in [3.05, 3.63) is 53.3 Å². The maximum atomic E-state index is 10.5. The van der Waals surface area contributed by atoms with Crippen LogP contribution in [0.5, 0.6) is 5.75 Å². The van der Waals surface area contributed by atoms with Gasteiger partial charge in [-0.15, -0.1) is 0 Å². The molecule has 1 aromatic carbocycles. The van der Waals surface area contributed by atoms with Crippen molar-refractivity contribution in [2.45, 2.75) is 19.4 Å². The Kier molecular flexibility index (Phi) is 4.05. The van der Waals surface area contributed by atoms with Crippen molar-refractivity contribution in [2.75, 3.05) is 7.11 Å². The van der Waals surface area contributed by atoms with Crippen molar-refractivity contribution in [3.8, 4) is 17.0 Å². The highest BCUT2D eigenvalue weighted by Crippen LogP contribution is 2.36. The summed E-state index contributed by atoms with van der Waals surface area (Å²) < 4.78 is 7.28. The lowest BCUT2D eigenvalue weighted by atomic mass is 10.0. The van der Waals surface area contributed by atoms with Crippen molar-refractivity contribution in [3.63, 3.8) is 0 Å². The van der Waals surface area contributed by atoms with Crippen molar-refractivity contribution >= 4 is 17.2 Å². The summed E-state index contributed by atoms with van der Waals surface area (Å²) in [6, 6.07) is 11.3. The molecule has 5 heteroatoms. The minimum absolute atomic E-state index is 0.586. The van der Waals surface area contributed by atoms with Gasteiger partial charge in [0.1, 0.15) is 11.4 Å². The molecular weight excluding hydrogens is 300 g/mol. The van der Waals surface area contributed by atoms with Crippen LogP contribution in [0.15, 0.2) is 42.6 Å². The Morgan fingerprint density at radius 1 is 1.27 bits per heavy atom. The smallest absolute Gasteiger partial charge is 0.137 e. The highest BCUT2D eigenvalue weighted by molar-refractivity contribution is 6.30. The van der Waals surface area contributed by atoms with Crippen LogP contribution in [-0.2, 0) is 0 Å². The third kappa shape index (κ3) is 2.45. The Morgan fingerprint density at radius 2 is 2.05 bits per heavy atom. The summed E-state index contributed by atoms with van der Waals surface area (Å²) in [6.07, 6.45) is 1.73. The molecule has 2 aromatic heterocycles. The maximum Gasteiger partial charge on any atom is 0.137 e. The lowest BCUT2D eigenvalue weighted by Gasteiger charge is -2.12. The average Bonchev–Trinajstić information content (AvgIpc) is 2.92. The lowest BCUT2D eigenvalue weighted by molar-refractivity contribution is 0.168. The first-order valence-corrected chi connectivity index (χ1v) is 7.52. The number of benzene rings is 1. The van der Waals surface area contributed by atoms with Gasteiger partial charge in [-0.3, -0.25) is 4.40 Å². The number of halogens is 1. The zero-order valence-electron chi connectivity index (χ0n) is 12.5. The van der Waals surface area contributed by atoms with Crippen LogP contribution < -0.4 is 4.74 Å². The summed E-state index contributed by atoms with van der Waals surface area (Å²) in [5.74, 6) is 0.724. The second-order valence-corrected chi connectivity index (χ2v) is 5.48. The van der Waals surface area contributed by atoms with Gasteiger partial charge in [0.15, 0.2) is 0 Å². The molecule has 4 nitrogen and oxygen atoms in total. The van der Waals surface area contributed by atoms with Gasteiger partial charge in [0.05, 0.1) is 29.6 Å². The van der Waals surface area contributed by atoms with Gasteiger partial charge in [-0.05, 0) is 30.7 Å². The molecule has 0 saturated heterocycles. The predicted octanol–water partition coefficient (Wildman–Crippen LogP) is 4.11. The summed E-state index contributed by atoms with van der Waals surface area (Å²) in [7, 11) is 1.63. The van der Waals surface area contributed by atoms with E-state index in [1.807, 2.05) is 41.7 Å². The number of para-hydroxylation sites is 1. The van der Waals surface area contributed by atoms with Crippen LogP contribution >= 0.6 is 11.6 Å². The van der Waals surface area contributed by atoms with Crippen molar-refractivity contribution in [1.82, 2.24) is 9.38 Å². The van der Waals surface area contributed by atoms with Crippen molar-refractivity contribution in [2.24, 2.45) is 0 Å². The highest BCUT2D eigenvalue weighted by atomic mass is 35.5. The number of imidazole rings is 1. The van der Waals surface area contributed by atoms with E-state index in [-0.39, 0.29) is 0 Å². The number of methoxy groups -OCH3 is 1. The third-order valence-electron chi connectivity index (χ3n) is 3.68. The number of aliphatic hydroxyl groups excluding tert-OH is 1. The topological polar surface area (TPSA) is 46.8 Å². The van der Waals surface area contributed by atoms with Crippen LogP contribution in [0.3, 0.4) is 0 Å². The average molecular weight is 317 g/mol. The van der Waals surface area contributed by atoms with E-state index in [1.54, 1.807) is 19.4 Å². The van der Waals surface area contributed by atoms with Crippen LogP contribution in [0.4, 0.5) is 0 Å². The number of ether oxygens (including phenoxy) is 1. The molecule has 0 fully saturated rings. The monoisotopic (exact) mass is 316 g/mol. The van der Waals surface area contributed by atoms with Gasteiger partial charge in [0.2, 0.25) is 0 Å². The van der Waals surface area contributed by atoms with Gasteiger partial charge in [-0.1, -0.05) is 30.7 Å². The molecule has 114 valence electrons. The number of fused-ring (bicyclic) bond motifs is 1. The molecule has 1 unspecified atom stereocenters. The van der Waals surface area contributed by atoms with E-state index in [0.717, 1.165) is 22.7 Å². The van der Waals surface area contributed by atoms with Crippen LogP contribution in [0.2, 0.25) is 5.02 Å². The van der Waals surface area contributed by atoms with Crippen molar-refractivity contribution in [1.29, 1.82) is 0 Å². The molecule has 2 heterocycles. The summed E-state index contributed by atoms with van der Waals surface area (Å²) in [6.45, 7) is 1.93. The van der Waals surface area contributed by atoms with Gasteiger partial charge in [0.25, 0.3) is 0 Å². The number of aromatic nitrogens is 2. The predicted molar refractivity (Wildman–Crippen MR) is 87.4 cm³/mol. The molecule has 0 aliphatic carbocycles. The van der Waals surface area contributed by atoms with Crippen LogP contribution in [0, 0.1) is 0 Å². The van der Waals surface area contributed by atoms with E-state index in [1.165, 1.54) is 0 Å². The van der Waals surface area contributed by atoms with E-state index in [0.29, 0.717) is 17.1 Å². The fraction of sp³-hybridized carbons (Fsp3) is 0.235. The van der Waals surface area contributed by atoms with Gasteiger partial charge in [0, 0.05) is 11.8 Å². The van der Waals surface area contributed by atoms with E-state index in [4.69, 9.17) is 16.3 Å². The Labute approximate surface area is 133 Å². The molecule has 0 bridgehead atoms. The molecule has 3 aromatic rings. The number of hydrogen-bond donors (Lipinski definition) is 1. The quantitative estimate of drug-likeness (QED) is 0.788. The first kappa shape index (κ1) is 14.9. The molecular formula is C17H17ClN2O2. The number of pyridine rings is 1. The van der Waals surface area contributed by atoms with E-state index >= 15 is 0 Å². The number of aliphatic hydroxyl groups is 1. The molecule has 22 heavy (non-hydrogen) atoms. The maximum absolute atomic E-state index is 10.5. The number of nitrogens with zero attached hydrogens (tertiary/aromatic N) is 2. The summed E-state index contributed by atoms with van der Waals surface area (Å²) >= 11 is 6.10. The summed E-state index contributed by atoms with van der Waals surface area (Å²) in [5, 5.41) is 11.1. The van der Waals surface area contributed by atoms with Crippen LogP contribution in [0.25, 0.3) is 16.9 Å². The second kappa shape index (κ2) is 5.99. The number of rotatable bonds is 4. The molecule has 0 aliphatic rings. The highest BCUT2D eigenvalue weighted by Gasteiger charge is 2.21. The fourth-order valence-corrected chi connectivity index (χ4v) is 2.75. The SMILES string of the molecule is CCC(O)c1c(-c2ccccc2OC)nc2ccc(Cl)cn12. The Hall–Kier alpha value is -2.04. The van der Waals surface area contributed by atoms with Gasteiger partial charge < -0.3 is 9.84 Å². The van der Waals surface area contributed by atoms with E-state index < -0.39 is 6.10 Å². The molecule has 3 rings (SSSR count). The normalized spacial score (nSPS) is 12.5.